The fourth-order valence-electron chi connectivity index (χ4n) is 2.96. The van der Waals surface area contributed by atoms with E-state index in [9.17, 15) is 9.59 Å². The second-order valence-corrected chi connectivity index (χ2v) is 6.88. The molecule has 148 valence electrons. The van der Waals surface area contributed by atoms with Crippen LogP contribution in [0.5, 0.6) is 5.75 Å². The van der Waals surface area contributed by atoms with Gasteiger partial charge >= 0.3 is 0 Å². The number of halogens is 1. The van der Waals surface area contributed by atoms with Crippen LogP contribution < -0.4 is 15.6 Å². The van der Waals surface area contributed by atoms with E-state index in [0.29, 0.717) is 39.6 Å². The van der Waals surface area contributed by atoms with E-state index < -0.39 is 0 Å². The molecule has 0 amide bonds. The summed E-state index contributed by atoms with van der Waals surface area (Å²) in [6.07, 6.45) is 5.32. The Morgan fingerprint density at radius 3 is 2.68 bits per heavy atom. The summed E-state index contributed by atoms with van der Waals surface area (Å²) in [5.41, 5.74) is 1.67. The van der Waals surface area contributed by atoms with Gasteiger partial charge in [-0.05, 0) is 49.9 Å². The molecular weight excluding hydrogens is 378 g/mol. The molecule has 0 aliphatic carbocycles. The summed E-state index contributed by atoms with van der Waals surface area (Å²) in [5.74, 6) is 0.324. The second-order valence-electron chi connectivity index (χ2n) is 6.45. The van der Waals surface area contributed by atoms with Crippen LogP contribution in [0.3, 0.4) is 0 Å². The maximum absolute atomic E-state index is 12.8. The molecule has 1 heterocycles. The summed E-state index contributed by atoms with van der Waals surface area (Å²) in [4.78, 5) is 24.8. The molecule has 6 nitrogen and oxygen atoms in total. The summed E-state index contributed by atoms with van der Waals surface area (Å²) in [6.45, 7) is 3.33. The van der Waals surface area contributed by atoms with Crippen molar-refractivity contribution in [2.45, 2.75) is 26.3 Å². The van der Waals surface area contributed by atoms with Crippen LogP contribution in [0.25, 0.3) is 11.1 Å². The minimum atomic E-state index is -0.247. The summed E-state index contributed by atoms with van der Waals surface area (Å²) < 4.78 is 7.03. The van der Waals surface area contributed by atoms with Crippen LogP contribution in [0.4, 0.5) is 0 Å². The number of ketones is 1. The normalized spacial score (nSPS) is 12.0. The van der Waals surface area contributed by atoms with Crippen molar-refractivity contribution in [2.75, 3.05) is 14.2 Å². The average Bonchev–Trinajstić information content (AvgIpc) is 2.65. The molecule has 2 N–H and O–H groups in total. The Hall–Kier alpha value is -2.86. The van der Waals surface area contributed by atoms with Crippen LogP contribution in [0, 0.1) is 5.41 Å². The van der Waals surface area contributed by atoms with Gasteiger partial charge < -0.3 is 20.0 Å². The van der Waals surface area contributed by atoms with Crippen LogP contribution >= 0.6 is 11.6 Å². The lowest BCUT2D eigenvalue weighted by atomic mass is 9.97. The van der Waals surface area contributed by atoms with Crippen molar-refractivity contribution >= 4 is 23.1 Å². The van der Waals surface area contributed by atoms with Gasteiger partial charge in [0.25, 0.3) is 5.56 Å². The zero-order chi connectivity index (χ0) is 20.8. The molecule has 0 fully saturated rings. The highest BCUT2D eigenvalue weighted by Gasteiger charge is 2.18. The number of rotatable bonds is 8. The second kappa shape index (κ2) is 9.37. The maximum Gasteiger partial charge on any atom is 0.251 e. The van der Waals surface area contributed by atoms with Gasteiger partial charge in [-0.2, -0.15) is 0 Å². The van der Waals surface area contributed by atoms with Crippen molar-refractivity contribution in [1.29, 1.82) is 5.41 Å². The SMILES string of the molecule is CN/C=C\C(=N)CC(C)n1cc(OC)c(-c2cc(Cl)ccc2C(C)=O)cc1=O. The molecule has 0 radical (unpaired) electrons. The Labute approximate surface area is 169 Å². The Kier molecular flexibility index (Phi) is 7.18. The zero-order valence-corrected chi connectivity index (χ0v) is 17.1. The molecule has 7 heteroatoms. The number of aromatic nitrogens is 1. The number of allylic oxidation sites excluding steroid dienone is 1. The molecule has 28 heavy (non-hydrogen) atoms. The minimum Gasteiger partial charge on any atom is -0.495 e. The Morgan fingerprint density at radius 2 is 2.07 bits per heavy atom. The lowest BCUT2D eigenvalue weighted by Crippen LogP contribution is -2.24. The summed E-state index contributed by atoms with van der Waals surface area (Å²) in [6, 6.07) is 6.14. The van der Waals surface area contributed by atoms with Gasteiger partial charge in [0.15, 0.2) is 5.78 Å². The van der Waals surface area contributed by atoms with Crippen molar-refractivity contribution in [3.63, 3.8) is 0 Å². The van der Waals surface area contributed by atoms with E-state index in [1.807, 2.05) is 6.92 Å². The molecule has 0 aliphatic heterocycles. The average molecular weight is 402 g/mol. The van der Waals surface area contributed by atoms with Gasteiger partial charge in [0, 0.05) is 47.4 Å². The number of benzene rings is 1. The summed E-state index contributed by atoms with van der Waals surface area (Å²) in [7, 11) is 3.26. The predicted molar refractivity (Wildman–Crippen MR) is 113 cm³/mol. The first-order valence-corrected chi connectivity index (χ1v) is 9.18. The molecular formula is C21H24ClN3O3. The molecule has 0 saturated carbocycles. The van der Waals surface area contributed by atoms with Gasteiger partial charge in [-0.25, -0.2) is 0 Å². The van der Waals surface area contributed by atoms with Gasteiger partial charge in [-0.1, -0.05) is 11.6 Å². The topological polar surface area (TPSA) is 84.2 Å². The van der Waals surface area contributed by atoms with Gasteiger partial charge in [0.05, 0.1) is 13.3 Å². The summed E-state index contributed by atoms with van der Waals surface area (Å²) >= 11 is 6.12. The van der Waals surface area contributed by atoms with Gasteiger partial charge in [0.2, 0.25) is 0 Å². The van der Waals surface area contributed by atoms with Crippen LogP contribution in [0.1, 0.15) is 36.7 Å². The largest absolute Gasteiger partial charge is 0.495 e. The fourth-order valence-corrected chi connectivity index (χ4v) is 3.13. The third-order valence-electron chi connectivity index (χ3n) is 4.36. The number of hydrogen-bond acceptors (Lipinski definition) is 5. The number of methoxy groups -OCH3 is 1. The van der Waals surface area contributed by atoms with E-state index in [4.69, 9.17) is 21.7 Å². The van der Waals surface area contributed by atoms with Crippen LogP contribution in [0.2, 0.25) is 5.02 Å². The zero-order valence-electron chi connectivity index (χ0n) is 16.4. The van der Waals surface area contributed by atoms with Crippen LogP contribution in [-0.2, 0) is 0 Å². The van der Waals surface area contributed by atoms with Crippen molar-refractivity contribution in [1.82, 2.24) is 9.88 Å². The lowest BCUT2D eigenvalue weighted by Gasteiger charge is -2.18. The number of pyridine rings is 1. The molecule has 1 unspecified atom stereocenters. The maximum atomic E-state index is 12.8. The number of hydrogen-bond donors (Lipinski definition) is 2. The van der Waals surface area contributed by atoms with Crippen molar-refractivity contribution < 1.29 is 9.53 Å². The van der Waals surface area contributed by atoms with E-state index in [1.165, 1.54) is 24.7 Å². The smallest absolute Gasteiger partial charge is 0.251 e. The molecule has 2 aromatic rings. The number of nitrogens with one attached hydrogen (secondary N) is 2. The van der Waals surface area contributed by atoms with Crippen LogP contribution in [0.15, 0.2) is 47.5 Å². The van der Waals surface area contributed by atoms with Crippen LogP contribution in [-0.4, -0.2) is 30.2 Å². The van der Waals surface area contributed by atoms with E-state index in [1.54, 1.807) is 43.7 Å². The highest BCUT2D eigenvalue weighted by molar-refractivity contribution is 6.31. The number of ether oxygens (including phenoxy) is 1. The molecule has 0 saturated heterocycles. The first kappa shape index (κ1) is 21.4. The number of Topliss-reactive ketones (excluding diaryl/α,β-unsaturated/α-hetero) is 1. The predicted octanol–water partition coefficient (Wildman–Crippen LogP) is 4.08. The Morgan fingerprint density at radius 1 is 1.36 bits per heavy atom. The van der Waals surface area contributed by atoms with Gasteiger partial charge in [-0.15, -0.1) is 0 Å². The highest BCUT2D eigenvalue weighted by atomic mass is 35.5. The van der Waals surface area contributed by atoms with E-state index >= 15 is 0 Å². The third-order valence-corrected chi connectivity index (χ3v) is 4.59. The molecule has 1 aromatic heterocycles. The third kappa shape index (κ3) is 4.89. The van der Waals surface area contributed by atoms with E-state index in [0.717, 1.165) is 0 Å². The van der Waals surface area contributed by atoms with Crippen molar-refractivity contribution in [3.05, 3.63) is 63.7 Å². The Bertz CT molecular complexity index is 979. The molecule has 0 spiro atoms. The highest BCUT2D eigenvalue weighted by Crippen LogP contribution is 2.34. The van der Waals surface area contributed by atoms with Crippen molar-refractivity contribution in [2.24, 2.45) is 0 Å². The first-order valence-electron chi connectivity index (χ1n) is 8.80. The Balaban J connectivity index is 2.52. The molecule has 0 bridgehead atoms. The van der Waals surface area contributed by atoms with E-state index in [2.05, 4.69) is 5.32 Å². The first-order chi connectivity index (χ1) is 13.3. The van der Waals surface area contributed by atoms with Crippen molar-refractivity contribution in [3.8, 4) is 16.9 Å². The van der Waals surface area contributed by atoms with Gasteiger partial charge in [0.1, 0.15) is 5.75 Å². The quantitative estimate of drug-likeness (QED) is 0.515. The van der Waals surface area contributed by atoms with Gasteiger partial charge in [-0.3, -0.25) is 9.59 Å². The fraction of sp³-hybridized carbons (Fsp3) is 0.286. The van der Waals surface area contributed by atoms with E-state index in [-0.39, 0.29) is 17.4 Å². The number of nitrogens with zero attached hydrogens (tertiary/aromatic N) is 1. The standard InChI is InChI=1S/C21H24ClN3O3/c1-13(9-16(23)7-8-24-3)25-12-20(28-4)19(11-21(25)27)18-10-15(22)5-6-17(18)14(2)26/h5-8,10-13,23-24H,9H2,1-4H3/b8-7-,23-16?. The number of carbonyl (C=O) groups excluding carboxylic acids is 1. The molecule has 1 aromatic carbocycles. The molecule has 2 rings (SSSR count). The molecule has 0 aliphatic rings. The lowest BCUT2D eigenvalue weighted by molar-refractivity contribution is 0.101. The monoisotopic (exact) mass is 401 g/mol. The number of carbonyl (C=O) groups is 1. The molecule has 1 atom stereocenters. The summed E-state index contributed by atoms with van der Waals surface area (Å²) in [5, 5.41) is 11.3. The minimum absolute atomic E-state index is 0.129.